The molecule has 0 saturated carbocycles. The van der Waals surface area contributed by atoms with E-state index in [0.717, 1.165) is 0 Å². The second kappa shape index (κ2) is 9.48. The number of amides is 2. The van der Waals surface area contributed by atoms with E-state index in [1.807, 2.05) is 0 Å². The van der Waals surface area contributed by atoms with Crippen molar-refractivity contribution in [2.45, 2.75) is 11.4 Å². The van der Waals surface area contributed by atoms with Gasteiger partial charge in [0.15, 0.2) is 0 Å². The number of anilines is 1. The molecule has 1 heterocycles. The monoisotopic (exact) mass is 441 g/mol. The molecule has 0 aliphatic heterocycles. The number of hydrogen-bond acceptors (Lipinski definition) is 5. The number of sulfonamides is 1. The fraction of sp³-hybridized carbons (Fsp3) is 0.182. The Hall–Kier alpha value is -3.59. The van der Waals surface area contributed by atoms with E-state index in [0.29, 0.717) is 11.4 Å². The standard InChI is InChI=1S/C22H23N3O5S/c1-24(16-21(26)23-15-19-9-6-14-30-19)22(27)17-10-12-20(13-11-17)31(28,29)25(2)18-7-4-3-5-8-18/h3-14H,15-16H2,1-2H3,(H,23,26). The molecule has 0 radical (unpaired) electrons. The molecule has 2 aromatic carbocycles. The number of nitrogens with zero attached hydrogens (tertiary/aromatic N) is 2. The highest BCUT2D eigenvalue weighted by molar-refractivity contribution is 7.92. The Bertz CT molecular complexity index is 1130. The predicted octanol–water partition coefficient (Wildman–Crippen LogP) is 2.49. The van der Waals surface area contributed by atoms with Gasteiger partial charge in [-0.1, -0.05) is 18.2 Å². The van der Waals surface area contributed by atoms with Crippen LogP contribution in [0.15, 0.2) is 82.3 Å². The van der Waals surface area contributed by atoms with Gasteiger partial charge in [0.05, 0.1) is 29.9 Å². The molecule has 3 aromatic rings. The zero-order valence-electron chi connectivity index (χ0n) is 17.2. The summed E-state index contributed by atoms with van der Waals surface area (Å²) in [4.78, 5) is 26.0. The Morgan fingerprint density at radius 2 is 1.61 bits per heavy atom. The lowest BCUT2D eigenvalue weighted by molar-refractivity contribution is -0.121. The average molecular weight is 442 g/mol. The van der Waals surface area contributed by atoms with Crippen LogP contribution in [0.1, 0.15) is 16.1 Å². The number of carbonyl (C=O) groups is 2. The van der Waals surface area contributed by atoms with Crippen LogP contribution in [0.3, 0.4) is 0 Å². The maximum atomic E-state index is 12.8. The Morgan fingerprint density at radius 1 is 0.935 bits per heavy atom. The van der Waals surface area contributed by atoms with Crippen molar-refractivity contribution in [1.82, 2.24) is 10.2 Å². The van der Waals surface area contributed by atoms with E-state index in [2.05, 4.69) is 5.32 Å². The van der Waals surface area contributed by atoms with Gasteiger partial charge in [0.1, 0.15) is 5.76 Å². The second-order valence-electron chi connectivity index (χ2n) is 6.85. The number of para-hydroxylation sites is 1. The Balaban J connectivity index is 1.63. The lowest BCUT2D eigenvalue weighted by Crippen LogP contribution is -2.38. The molecule has 0 bridgehead atoms. The number of furan rings is 1. The molecule has 0 saturated heterocycles. The van der Waals surface area contributed by atoms with Crippen LogP contribution < -0.4 is 9.62 Å². The molecule has 0 spiro atoms. The number of likely N-dealkylation sites (N-methyl/N-ethyl adjacent to an activating group) is 1. The normalized spacial score (nSPS) is 11.0. The van der Waals surface area contributed by atoms with Crippen LogP contribution in [-0.4, -0.2) is 45.8 Å². The predicted molar refractivity (Wildman–Crippen MR) is 116 cm³/mol. The Kier molecular flexibility index (Phi) is 6.76. The first-order valence-electron chi connectivity index (χ1n) is 9.47. The van der Waals surface area contributed by atoms with Crippen LogP contribution in [0.25, 0.3) is 0 Å². The molecule has 0 atom stereocenters. The number of carbonyl (C=O) groups excluding carboxylic acids is 2. The number of hydrogen-bond donors (Lipinski definition) is 1. The van der Waals surface area contributed by atoms with Gasteiger partial charge in [0.25, 0.3) is 15.9 Å². The molecule has 1 aromatic heterocycles. The highest BCUT2D eigenvalue weighted by Crippen LogP contribution is 2.22. The van der Waals surface area contributed by atoms with Crippen molar-refractivity contribution in [2.24, 2.45) is 0 Å². The topological polar surface area (TPSA) is 99.9 Å². The highest BCUT2D eigenvalue weighted by atomic mass is 32.2. The molecule has 3 rings (SSSR count). The summed E-state index contributed by atoms with van der Waals surface area (Å²) in [6.07, 6.45) is 1.51. The summed E-state index contributed by atoms with van der Waals surface area (Å²) in [5.74, 6) is -0.121. The summed E-state index contributed by atoms with van der Waals surface area (Å²) in [7, 11) is -0.794. The van der Waals surface area contributed by atoms with E-state index in [-0.39, 0.29) is 29.5 Å². The van der Waals surface area contributed by atoms with E-state index in [1.165, 1.54) is 53.8 Å². The van der Waals surface area contributed by atoms with Gasteiger partial charge in [-0.15, -0.1) is 0 Å². The zero-order valence-corrected chi connectivity index (χ0v) is 18.0. The summed E-state index contributed by atoms with van der Waals surface area (Å²) < 4.78 is 32.0. The molecule has 2 amide bonds. The summed E-state index contributed by atoms with van der Waals surface area (Å²) in [6, 6.07) is 17.8. The van der Waals surface area contributed by atoms with Gasteiger partial charge in [-0.2, -0.15) is 0 Å². The second-order valence-corrected chi connectivity index (χ2v) is 8.82. The van der Waals surface area contributed by atoms with Gasteiger partial charge in [0, 0.05) is 19.7 Å². The van der Waals surface area contributed by atoms with E-state index in [1.54, 1.807) is 42.5 Å². The van der Waals surface area contributed by atoms with Gasteiger partial charge in [0.2, 0.25) is 5.91 Å². The van der Waals surface area contributed by atoms with Crippen molar-refractivity contribution in [3.8, 4) is 0 Å². The zero-order chi connectivity index (χ0) is 22.4. The van der Waals surface area contributed by atoms with Crippen molar-refractivity contribution >= 4 is 27.5 Å². The van der Waals surface area contributed by atoms with Crippen molar-refractivity contribution in [3.63, 3.8) is 0 Å². The van der Waals surface area contributed by atoms with E-state index in [4.69, 9.17) is 4.42 Å². The van der Waals surface area contributed by atoms with Crippen LogP contribution >= 0.6 is 0 Å². The first-order valence-corrected chi connectivity index (χ1v) is 10.9. The van der Waals surface area contributed by atoms with Gasteiger partial charge in [-0.05, 0) is 48.5 Å². The van der Waals surface area contributed by atoms with E-state index < -0.39 is 15.9 Å². The lowest BCUT2D eigenvalue weighted by Gasteiger charge is -2.20. The molecule has 0 aliphatic carbocycles. The smallest absolute Gasteiger partial charge is 0.264 e. The van der Waals surface area contributed by atoms with Crippen LogP contribution in [0.4, 0.5) is 5.69 Å². The molecule has 31 heavy (non-hydrogen) atoms. The van der Waals surface area contributed by atoms with Crippen molar-refractivity contribution < 1.29 is 22.4 Å². The summed E-state index contributed by atoms with van der Waals surface area (Å²) >= 11 is 0. The molecule has 9 heteroatoms. The third-order valence-electron chi connectivity index (χ3n) is 4.65. The molecule has 0 aliphatic rings. The number of nitrogens with one attached hydrogen (secondary N) is 1. The first-order chi connectivity index (χ1) is 14.8. The van der Waals surface area contributed by atoms with Crippen molar-refractivity contribution in [2.75, 3.05) is 24.9 Å². The minimum Gasteiger partial charge on any atom is -0.467 e. The van der Waals surface area contributed by atoms with Crippen LogP contribution in [0.2, 0.25) is 0 Å². The minimum atomic E-state index is -3.77. The highest BCUT2D eigenvalue weighted by Gasteiger charge is 2.22. The Morgan fingerprint density at radius 3 is 2.23 bits per heavy atom. The molecule has 162 valence electrons. The van der Waals surface area contributed by atoms with Crippen molar-refractivity contribution in [3.05, 3.63) is 84.3 Å². The lowest BCUT2D eigenvalue weighted by atomic mass is 10.2. The third-order valence-corrected chi connectivity index (χ3v) is 6.45. The minimum absolute atomic E-state index is 0.0641. The van der Waals surface area contributed by atoms with Gasteiger partial charge in [-0.3, -0.25) is 13.9 Å². The molecule has 0 fully saturated rings. The van der Waals surface area contributed by atoms with Crippen LogP contribution in [0.5, 0.6) is 0 Å². The van der Waals surface area contributed by atoms with Crippen LogP contribution in [0, 0.1) is 0 Å². The van der Waals surface area contributed by atoms with E-state index in [9.17, 15) is 18.0 Å². The average Bonchev–Trinajstić information content (AvgIpc) is 3.31. The molecule has 8 nitrogen and oxygen atoms in total. The summed E-state index contributed by atoms with van der Waals surface area (Å²) in [5.41, 5.74) is 0.811. The molecular formula is C22H23N3O5S. The summed E-state index contributed by atoms with van der Waals surface area (Å²) in [5, 5.41) is 2.67. The van der Waals surface area contributed by atoms with Gasteiger partial charge < -0.3 is 14.6 Å². The number of rotatable bonds is 8. The van der Waals surface area contributed by atoms with E-state index >= 15 is 0 Å². The van der Waals surface area contributed by atoms with Gasteiger partial charge in [-0.25, -0.2) is 8.42 Å². The fourth-order valence-corrected chi connectivity index (χ4v) is 4.06. The molecular weight excluding hydrogens is 418 g/mol. The maximum Gasteiger partial charge on any atom is 0.264 e. The van der Waals surface area contributed by atoms with Crippen molar-refractivity contribution in [1.29, 1.82) is 0 Å². The third kappa shape index (κ3) is 5.32. The first kappa shape index (κ1) is 22.1. The largest absolute Gasteiger partial charge is 0.467 e. The Labute approximate surface area is 181 Å². The molecule has 0 unspecified atom stereocenters. The van der Waals surface area contributed by atoms with Crippen LogP contribution in [-0.2, 0) is 21.4 Å². The quantitative estimate of drug-likeness (QED) is 0.579. The maximum absolute atomic E-state index is 12.8. The fourth-order valence-electron chi connectivity index (χ4n) is 2.87. The molecule has 1 N–H and O–H groups in total. The van der Waals surface area contributed by atoms with Gasteiger partial charge >= 0.3 is 0 Å². The SMILES string of the molecule is CN(CC(=O)NCc1ccco1)C(=O)c1ccc(S(=O)(=O)N(C)c2ccccc2)cc1. The number of benzene rings is 2. The summed E-state index contributed by atoms with van der Waals surface area (Å²) in [6.45, 7) is 0.0890.